The smallest absolute Gasteiger partial charge is 0.124 e. The molecule has 3 N–H and O–H groups in total. The molecular weight excluding hydrogens is 290 g/mol. The van der Waals surface area contributed by atoms with Gasteiger partial charge in [-0.05, 0) is 31.0 Å². The van der Waals surface area contributed by atoms with Gasteiger partial charge in [-0.2, -0.15) is 0 Å². The monoisotopic (exact) mass is 309 g/mol. The summed E-state index contributed by atoms with van der Waals surface area (Å²) in [5.74, 6) is 0.152. The number of nitrogens with two attached hydrogens (primary N) is 1. The third-order valence-electron chi connectivity index (χ3n) is 3.45. The van der Waals surface area contributed by atoms with Crippen LogP contribution in [0.4, 0.5) is 5.69 Å². The molecule has 1 aliphatic heterocycles. The van der Waals surface area contributed by atoms with Crippen LogP contribution in [-0.2, 0) is 0 Å². The van der Waals surface area contributed by atoms with Crippen LogP contribution in [-0.4, -0.2) is 18.9 Å². The van der Waals surface area contributed by atoms with Crippen molar-refractivity contribution in [3.8, 4) is 0 Å². The Bertz CT molecular complexity index is 423. The molecule has 1 fully saturated rings. The molecule has 2 rings (SSSR count). The van der Waals surface area contributed by atoms with Gasteiger partial charge in [-0.3, -0.25) is 5.41 Å². The van der Waals surface area contributed by atoms with E-state index in [1.807, 2.05) is 12.1 Å². The van der Waals surface area contributed by atoms with E-state index in [4.69, 9.17) is 11.1 Å². The summed E-state index contributed by atoms with van der Waals surface area (Å²) in [6.45, 7) is 2.13. The normalized spacial score (nSPS) is 17.1. The Morgan fingerprint density at radius 1 is 1.11 bits per heavy atom. The van der Waals surface area contributed by atoms with Crippen molar-refractivity contribution in [1.29, 1.82) is 5.41 Å². The molecular formula is C14H20BrN3. The molecule has 0 radical (unpaired) electrons. The van der Waals surface area contributed by atoms with Crippen molar-refractivity contribution < 1.29 is 0 Å². The molecule has 1 aliphatic rings. The molecule has 4 heteroatoms. The number of amidine groups is 1. The van der Waals surface area contributed by atoms with Crippen molar-refractivity contribution in [2.24, 2.45) is 5.73 Å². The van der Waals surface area contributed by atoms with Crippen molar-refractivity contribution in [1.82, 2.24) is 0 Å². The molecule has 1 aromatic carbocycles. The molecule has 1 aromatic rings. The summed E-state index contributed by atoms with van der Waals surface area (Å²) < 4.78 is 1.05. The third-order valence-corrected chi connectivity index (χ3v) is 3.94. The van der Waals surface area contributed by atoms with Gasteiger partial charge in [0.2, 0.25) is 0 Å². The summed E-state index contributed by atoms with van der Waals surface area (Å²) in [7, 11) is 0. The van der Waals surface area contributed by atoms with Crippen LogP contribution in [0, 0.1) is 5.41 Å². The molecule has 0 bridgehead atoms. The van der Waals surface area contributed by atoms with Crippen molar-refractivity contribution in [3.63, 3.8) is 0 Å². The van der Waals surface area contributed by atoms with Gasteiger partial charge in [0.25, 0.3) is 0 Å². The second kappa shape index (κ2) is 6.23. The summed E-state index contributed by atoms with van der Waals surface area (Å²) >= 11 is 3.51. The van der Waals surface area contributed by atoms with Crippen LogP contribution in [0.15, 0.2) is 22.7 Å². The zero-order valence-corrected chi connectivity index (χ0v) is 12.2. The topological polar surface area (TPSA) is 53.1 Å². The van der Waals surface area contributed by atoms with E-state index in [-0.39, 0.29) is 5.84 Å². The maximum absolute atomic E-state index is 7.70. The van der Waals surface area contributed by atoms with Gasteiger partial charge in [-0.25, -0.2) is 0 Å². The van der Waals surface area contributed by atoms with E-state index in [1.54, 1.807) is 0 Å². The SMILES string of the molecule is N=C(N)c1ccc(Br)cc1N1CCCCCCC1. The highest BCUT2D eigenvalue weighted by molar-refractivity contribution is 9.10. The van der Waals surface area contributed by atoms with E-state index < -0.39 is 0 Å². The fourth-order valence-electron chi connectivity index (χ4n) is 2.48. The zero-order valence-electron chi connectivity index (χ0n) is 10.6. The quantitative estimate of drug-likeness (QED) is 0.649. The largest absolute Gasteiger partial charge is 0.384 e. The predicted octanol–water partition coefficient (Wildman–Crippen LogP) is 3.50. The molecule has 0 aromatic heterocycles. The number of anilines is 1. The molecule has 0 spiro atoms. The molecule has 18 heavy (non-hydrogen) atoms. The standard InChI is InChI=1S/C14H20BrN3/c15-11-6-7-12(14(16)17)13(10-11)18-8-4-2-1-3-5-9-18/h6-7,10H,1-5,8-9H2,(H3,16,17). The van der Waals surface area contributed by atoms with E-state index in [0.29, 0.717) is 0 Å². The second-order valence-corrected chi connectivity index (χ2v) is 5.75. The van der Waals surface area contributed by atoms with Crippen molar-refractivity contribution in [3.05, 3.63) is 28.2 Å². The Kier molecular flexibility index (Phi) is 4.64. The first-order valence-corrected chi connectivity index (χ1v) is 7.36. The highest BCUT2D eigenvalue weighted by Gasteiger charge is 2.14. The molecule has 0 aliphatic carbocycles. The fraction of sp³-hybridized carbons (Fsp3) is 0.500. The lowest BCUT2D eigenvalue weighted by molar-refractivity contribution is 0.556. The minimum Gasteiger partial charge on any atom is -0.384 e. The van der Waals surface area contributed by atoms with Gasteiger partial charge in [0, 0.05) is 28.8 Å². The molecule has 0 amide bonds. The van der Waals surface area contributed by atoms with Crippen LogP contribution >= 0.6 is 15.9 Å². The van der Waals surface area contributed by atoms with E-state index >= 15 is 0 Å². The Hall–Kier alpha value is -1.03. The van der Waals surface area contributed by atoms with Gasteiger partial charge < -0.3 is 10.6 Å². The lowest BCUT2D eigenvalue weighted by Crippen LogP contribution is -2.29. The van der Waals surface area contributed by atoms with Crippen LogP contribution in [0.5, 0.6) is 0 Å². The number of hydrogen-bond acceptors (Lipinski definition) is 2. The first kappa shape index (κ1) is 13.4. The first-order valence-electron chi connectivity index (χ1n) is 6.57. The highest BCUT2D eigenvalue weighted by atomic mass is 79.9. The predicted molar refractivity (Wildman–Crippen MR) is 80.5 cm³/mol. The summed E-state index contributed by atoms with van der Waals surface area (Å²) in [5.41, 5.74) is 7.62. The molecule has 1 saturated heterocycles. The fourth-order valence-corrected chi connectivity index (χ4v) is 2.83. The van der Waals surface area contributed by atoms with Gasteiger partial charge >= 0.3 is 0 Å². The summed E-state index contributed by atoms with van der Waals surface area (Å²) in [6.07, 6.45) is 6.42. The molecule has 0 atom stereocenters. The van der Waals surface area contributed by atoms with E-state index in [9.17, 15) is 0 Å². The lowest BCUT2D eigenvalue weighted by atomic mass is 10.1. The molecule has 0 unspecified atom stereocenters. The summed E-state index contributed by atoms with van der Waals surface area (Å²) in [6, 6.07) is 5.96. The number of benzene rings is 1. The minimum absolute atomic E-state index is 0.152. The molecule has 0 saturated carbocycles. The van der Waals surface area contributed by atoms with E-state index in [0.717, 1.165) is 28.8 Å². The molecule has 1 heterocycles. The van der Waals surface area contributed by atoms with Crippen LogP contribution < -0.4 is 10.6 Å². The van der Waals surface area contributed by atoms with Gasteiger partial charge in [0.1, 0.15) is 5.84 Å². The average Bonchev–Trinajstić information content (AvgIpc) is 2.27. The number of rotatable bonds is 2. The van der Waals surface area contributed by atoms with Gasteiger partial charge in [0.15, 0.2) is 0 Å². The lowest BCUT2D eigenvalue weighted by Gasteiger charge is -2.28. The third kappa shape index (κ3) is 3.25. The maximum Gasteiger partial charge on any atom is 0.124 e. The minimum atomic E-state index is 0.152. The Morgan fingerprint density at radius 3 is 2.33 bits per heavy atom. The number of hydrogen-bond donors (Lipinski definition) is 2. The second-order valence-electron chi connectivity index (χ2n) is 4.83. The van der Waals surface area contributed by atoms with Gasteiger partial charge in [0.05, 0.1) is 0 Å². The van der Waals surface area contributed by atoms with Crippen molar-refractivity contribution in [2.75, 3.05) is 18.0 Å². The Morgan fingerprint density at radius 2 is 1.72 bits per heavy atom. The Labute approximate surface area is 117 Å². The van der Waals surface area contributed by atoms with Crippen molar-refractivity contribution >= 4 is 27.5 Å². The van der Waals surface area contributed by atoms with Gasteiger partial charge in [-0.1, -0.05) is 35.2 Å². The molecule has 98 valence electrons. The van der Waals surface area contributed by atoms with Gasteiger partial charge in [-0.15, -0.1) is 0 Å². The number of nitrogens with one attached hydrogen (secondary N) is 1. The summed E-state index contributed by atoms with van der Waals surface area (Å²) in [5, 5.41) is 7.70. The van der Waals surface area contributed by atoms with Crippen LogP contribution in [0.25, 0.3) is 0 Å². The van der Waals surface area contributed by atoms with E-state index in [2.05, 4.69) is 26.9 Å². The Balaban J connectivity index is 2.28. The maximum atomic E-state index is 7.70. The number of nitrogens with zero attached hydrogens (tertiary/aromatic N) is 1. The number of nitrogen functional groups attached to an aromatic ring is 1. The molecule has 3 nitrogen and oxygen atoms in total. The van der Waals surface area contributed by atoms with E-state index in [1.165, 1.54) is 32.1 Å². The number of halogens is 1. The van der Waals surface area contributed by atoms with Crippen molar-refractivity contribution in [2.45, 2.75) is 32.1 Å². The van der Waals surface area contributed by atoms with Crippen LogP contribution in [0.3, 0.4) is 0 Å². The first-order chi connectivity index (χ1) is 8.68. The van der Waals surface area contributed by atoms with Crippen LogP contribution in [0.1, 0.15) is 37.7 Å². The highest BCUT2D eigenvalue weighted by Crippen LogP contribution is 2.27. The average molecular weight is 310 g/mol. The summed E-state index contributed by atoms with van der Waals surface area (Å²) in [4.78, 5) is 2.38. The zero-order chi connectivity index (χ0) is 13.0. The van der Waals surface area contributed by atoms with Crippen LogP contribution in [0.2, 0.25) is 0 Å².